The van der Waals surface area contributed by atoms with Crippen molar-refractivity contribution >= 4 is 17.7 Å². The van der Waals surface area contributed by atoms with E-state index in [2.05, 4.69) is 0 Å². The summed E-state index contributed by atoms with van der Waals surface area (Å²) in [6.07, 6.45) is 0.0873. The van der Waals surface area contributed by atoms with Crippen LogP contribution in [-0.4, -0.2) is 30.9 Å². The van der Waals surface area contributed by atoms with Crippen molar-refractivity contribution in [3.05, 3.63) is 35.9 Å². The molecule has 0 spiro atoms. The molecule has 0 aliphatic rings. The zero-order chi connectivity index (χ0) is 18.1. The molecule has 0 fully saturated rings. The molecule has 0 N–H and O–H groups in total. The smallest absolute Gasteiger partial charge is 0.320 e. The van der Waals surface area contributed by atoms with Crippen molar-refractivity contribution in [2.75, 3.05) is 13.2 Å². The third-order valence-corrected chi connectivity index (χ3v) is 3.78. The number of carbonyl (C=O) groups excluding carboxylic acids is 3. The van der Waals surface area contributed by atoms with Gasteiger partial charge in [0.2, 0.25) is 0 Å². The number of carbonyl (C=O) groups is 3. The van der Waals surface area contributed by atoms with E-state index in [1.165, 1.54) is 0 Å². The Balaban J connectivity index is 3.25. The molecule has 1 aromatic carbocycles. The maximum absolute atomic E-state index is 12.4. The molecule has 1 atom stereocenters. The number of hydrogen-bond donors (Lipinski definition) is 0. The molecule has 0 aromatic heterocycles. The van der Waals surface area contributed by atoms with Crippen molar-refractivity contribution in [3.8, 4) is 0 Å². The molecular formula is C19H26O5. The van der Waals surface area contributed by atoms with Crippen LogP contribution < -0.4 is 0 Å². The highest BCUT2D eigenvalue weighted by Crippen LogP contribution is 2.31. The van der Waals surface area contributed by atoms with E-state index in [0.717, 1.165) is 5.56 Å². The summed E-state index contributed by atoms with van der Waals surface area (Å²) in [4.78, 5) is 37.1. The summed E-state index contributed by atoms with van der Waals surface area (Å²) in [6.45, 7) is 7.28. The van der Waals surface area contributed by atoms with Crippen molar-refractivity contribution in [1.82, 2.24) is 0 Å². The van der Waals surface area contributed by atoms with E-state index < -0.39 is 23.8 Å². The summed E-state index contributed by atoms with van der Waals surface area (Å²) in [6, 6.07) is 9.09. The highest BCUT2D eigenvalue weighted by Gasteiger charge is 2.39. The lowest BCUT2D eigenvalue weighted by atomic mass is 9.80. The van der Waals surface area contributed by atoms with Crippen LogP contribution in [0.25, 0.3) is 0 Å². The Morgan fingerprint density at radius 2 is 1.42 bits per heavy atom. The first-order chi connectivity index (χ1) is 11.4. The summed E-state index contributed by atoms with van der Waals surface area (Å²) in [5.41, 5.74) is 0.748. The lowest BCUT2D eigenvalue weighted by Crippen LogP contribution is -2.35. The average Bonchev–Trinajstić information content (AvgIpc) is 2.55. The molecule has 1 rings (SSSR count). The van der Waals surface area contributed by atoms with Gasteiger partial charge in [-0.2, -0.15) is 0 Å². The van der Waals surface area contributed by atoms with Gasteiger partial charge in [0.15, 0.2) is 5.92 Å². The fourth-order valence-electron chi connectivity index (χ4n) is 2.47. The maximum Gasteiger partial charge on any atom is 0.320 e. The van der Waals surface area contributed by atoms with E-state index in [-0.39, 0.29) is 31.3 Å². The number of Topliss-reactive ketones (excluding diaryl/α,β-unsaturated/α-hetero) is 1. The van der Waals surface area contributed by atoms with Gasteiger partial charge >= 0.3 is 11.9 Å². The minimum Gasteiger partial charge on any atom is -0.465 e. The summed E-state index contributed by atoms with van der Waals surface area (Å²) in [5, 5.41) is 0. The fraction of sp³-hybridized carbons (Fsp3) is 0.526. The molecule has 0 amide bonds. The molecule has 5 heteroatoms. The standard InChI is InChI=1S/C19H26O5/c1-5-23-18(21)17(19(22)24-6-2)15(12-16(20)13(3)4)14-10-8-7-9-11-14/h7-11,13,15,17H,5-6,12H2,1-4H3. The van der Waals surface area contributed by atoms with Crippen LogP contribution in [0.2, 0.25) is 0 Å². The van der Waals surface area contributed by atoms with E-state index in [9.17, 15) is 14.4 Å². The SMILES string of the molecule is CCOC(=O)C(C(=O)OCC)C(CC(=O)C(C)C)c1ccccc1. The number of ether oxygens (including phenoxy) is 2. The highest BCUT2D eigenvalue weighted by molar-refractivity contribution is 5.97. The topological polar surface area (TPSA) is 69.7 Å². The van der Waals surface area contributed by atoms with E-state index in [0.29, 0.717) is 0 Å². The highest BCUT2D eigenvalue weighted by atomic mass is 16.6. The van der Waals surface area contributed by atoms with Crippen molar-refractivity contribution in [3.63, 3.8) is 0 Å². The first kappa shape index (κ1) is 19.9. The minimum absolute atomic E-state index is 0.0116. The van der Waals surface area contributed by atoms with Crippen molar-refractivity contribution in [2.24, 2.45) is 11.8 Å². The van der Waals surface area contributed by atoms with E-state index in [1.54, 1.807) is 27.7 Å². The Morgan fingerprint density at radius 1 is 0.917 bits per heavy atom. The van der Waals surface area contributed by atoms with Crippen LogP contribution in [0, 0.1) is 11.8 Å². The molecule has 0 heterocycles. The number of rotatable bonds is 9. The largest absolute Gasteiger partial charge is 0.465 e. The first-order valence-corrected chi connectivity index (χ1v) is 8.33. The Hall–Kier alpha value is -2.17. The van der Waals surface area contributed by atoms with Crippen LogP contribution in [0.4, 0.5) is 0 Å². The Labute approximate surface area is 143 Å². The summed E-state index contributed by atoms with van der Waals surface area (Å²) >= 11 is 0. The molecule has 132 valence electrons. The van der Waals surface area contributed by atoms with Gasteiger partial charge in [0.1, 0.15) is 5.78 Å². The quantitative estimate of drug-likeness (QED) is 0.512. The zero-order valence-corrected chi connectivity index (χ0v) is 14.8. The second-order valence-corrected chi connectivity index (χ2v) is 5.82. The third kappa shape index (κ3) is 5.48. The van der Waals surface area contributed by atoms with E-state index in [1.807, 2.05) is 30.3 Å². The van der Waals surface area contributed by atoms with Crippen molar-refractivity contribution in [2.45, 2.75) is 40.0 Å². The molecule has 0 aliphatic heterocycles. The van der Waals surface area contributed by atoms with Crippen LogP contribution in [0.1, 0.15) is 45.6 Å². The van der Waals surface area contributed by atoms with Gasteiger partial charge in [0, 0.05) is 18.3 Å². The monoisotopic (exact) mass is 334 g/mol. The predicted molar refractivity (Wildman–Crippen MR) is 90.4 cm³/mol. The number of benzene rings is 1. The van der Waals surface area contributed by atoms with Gasteiger partial charge in [-0.05, 0) is 19.4 Å². The second kappa shape index (κ2) is 9.85. The van der Waals surface area contributed by atoms with E-state index >= 15 is 0 Å². The van der Waals surface area contributed by atoms with Crippen LogP contribution in [-0.2, 0) is 23.9 Å². The van der Waals surface area contributed by atoms with Crippen molar-refractivity contribution in [1.29, 1.82) is 0 Å². The molecule has 1 aromatic rings. The molecule has 0 saturated carbocycles. The summed E-state index contributed by atoms with van der Waals surface area (Å²) in [7, 11) is 0. The maximum atomic E-state index is 12.4. The van der Waals surface area contributed by atoms with Gasteiger partial charge in [-0.25, -0.2) is 0 Å². The minimum atomic E-state index is -1.14. The molecule has 0 aliphatic carbocycles. The van der Waals surface area contributed by atoms with Gasteiger partial charge in [-0.3, -0.25) is 14.4 Å². The molecule has 24 heavy (non-hydrogen) atoms. The van der Waals surface area contributed by atoms with Gasteiger partial charge < -0.3 is 9.47 Å². The zero-order valence-electron chi connectivity index (χ0n) is 14.8. The number of hydrogen-bond acceptors (Lipinski definition) is 5. The van der Waals surface area contributed by atoms with Gasteiger partial charge in [-0.15, -0.1) is 0 Å². The predicted octanol–water partition coefficient (Wildman–Crippen LogP) is 3.13. The molecule has 0 radical (unpaired) electrons. The molecule has 0 saturated heterocycles. The molecule has 0 bridgehead atoms. The first-order valence-electron chi connectivity index (χ1n) is 8.33. The van der Waals surface area contributed by atoms with Crippen LogP contribution in [0.5, 0.6) is 0 Å². The second-order valence-electron chi connectivity index (χ2n) is 5.82. The van der Waals surface area contributed by atoms with Gasteiger partial charge in [-0.1, -0.05) is 44.2 Å². The number of esters is 2. The molecule has 1 unspecified atom stereocenters. The molecule has 5 nitrogen and oxygen atoms in total. The Morgan fingerprint density at radius 3 is 1.83 bits per heavy atom. The average molecular weight is 334 g/mol. The Bertz CT molecular complexity index is 532. The normalized spacial score (nSPS) is 12.1. The lowest BCUT2D eigenvalue weighted by Gasteiger charge is -2.24. The van der Waals surface area contributed by atoms with E-state index in [4.69, 9.17) is 9.47 Å². The third-order valence-electron chi connectivity index (χ3n) is 3.78. The van der Waals surface area contributed by atoms with Crippen LogP contribution in [0.15, 0.2) is 30.3 Å². The Kier molecular flexibility index (Phi) is 8.16. The number of ketones is 1. The van der Waals surface area contributed by atoms with Gasteiger partial charge in [0.05, 0.1) is 13.2 Å². The van der Waals surface area contributed by atoms with Crippen LogP contribution in [0.3, 0.4) is 0 Å². The van der Waals surface area contributed by atoms with Crippen molar-refractivity contribution < 1.29 is 23.9 Å². The van der Waals surface area contributed by atoms with Gasteiger partial charge in [0.25, 0.3) is 0 Å². The lowest BCUT2D eigenvalue weighted by molar-refractivity contribution is -0.163. The van der Waals surface area contributed by atoms with Crippen LogP contribution >= 0.6 is 0 Å². The summed E-state index contributed by atoms with van der Waals surface area (Å²) < 4.78 is 10.1. The molecular weight excluding hydrogens is 308 g/mol. The summed E-state index contributed by atoms with van der Waals surface area (Å²) in [5.74, 6) is -3.24. The fourth-order valence-corrected chi connectivity index (χ4v) is 2.47.